The number of hydrogen-bond donors (Lipinski definition) is 2. The molecule has 4 aromatic rings. The Morgan fingerprint density at radius 1 is 0.968 bits per heavy atom. The molecule has 1 aliphatic heterocycles. The molecule has 0 spiro atoms. The van der Waals surface area contributed by atoms with Crippen molar-refractivity contribution in [3.8, 4) is 0 Å². The van der Waals surface area contributed by atoms with E-state index in [4.69, 9.17) is 0 Å². The number of carbonyl (C=O) groups excluding carboxylic acids is 1. The highest BCUT2D eigenvalue weighted by Gasteiger charge is 2.18. The monoisotopic (exact) mass is 412 g/mol. The number of rotatable bonds is 2. The van der Waals surface area contributed by atoms with E-state index in [9.17, 15) is 9.59 Å². The Labute approximate surface area is 179 Å². The summed E-state index contributed by atoms with van der Waals surface area (Å²) in [6, 6.07) is 11.2. The van der Waals surface area contributed by atoms with Gasteiger partial charge in [-0.1, -0.05) is 6.42 Å². The van der Waals surface area contributed by atoms with E-state index in [1.54, 1.807) is 10.6 Å². The molecule has 6 rings (SSSR count). The van der Waals surface area contributed by atoms with Crippen molar-refractivity contribution in [2.24, 2.45) is 0 Å². The Kier molecular flexibility index (Phi) is 4.19. The highest BCUT2D eigenvalue weighted by molar-refractivity contribution is 6.07. The number of benzene rings is 2. The minimum Gasteiger partial charge on any atom is -0.358 e. The Hall–Kier alpha value is -3.41. The molecule has 0 bridgehead atoms. The first kappa shape index (κ1) is 18.4. The normalized spacial score (nSPS) is 15.6. The van der Waals surface area contributed by atoms with E-state index < -0.39 is 0 Å². The van der Waals surface area contributed by atoms with Gasteiger partial charge in [-0.3, -0.25) is 14.2 Å². The summed E-state index contributed by atoms with van der Waals surface area (Å²) in [5, 5.41) is 4.67. The third kappa shape index (κ3) is 3.05. The Morgan fingerprint density at radius 2 is 1.87 bits per heavy atom. The second kappa shape index (κ2) is 7.08. The lowest BCUT2D eigenvalue weighted by atomic mass is 10.0. The van der Waals surface area contributed by atoms with Gasteiger partial charge in [-0.25, -0.2) is 4.98 Å². The van der Waals surface area contributed by atoms with E-state index in [1.165, 1.54) is 30.5 Å². The first-order valence-electron chi connectivity index (χ1n) is 11.2. The third-order valence-corrected chi connectivity index (χ3v) is 6.68. The maximum atomic E-state index is 13.0. The van der Waals surface area contributed by atoms with Crippen LogP contribution in [0.25, 0.3) is 21.8 Å². The SMILES string of the molecule is O=C(Nc1ccc2nc3n(c(=O)c2c1)CCC3)c1ccc2[nH]c3c(c2c1)CCCCC3. The van der Waals surface area contributed by atoms with Crippen LogP contribution in [0.1, 0.15) is 53.1 Å². The minimum atomic E-state index is -0.168. The van der Waals surface area contributed by atoms with Gasteiger partial charge >= 0.3 is 0 Å². The van der Waals surface area contributed by atoms with Crippen molar-refractivity contribution in [2.75, 3.05) is 5.32 Å². The summed E-state index contributed by atoms with van der Waals surface area (Å²) in [6.45, 7) is 0.717. The van der Waals surface area contributed by atoms with E-state index >= 15 is 0 Å². The van der Waals surface area contributed by atoms with Crippen LogP contribution in [0, 0.1) is 0 Å². The summed E-state index contributed by atoms with van der Waals surface area (Å²) in [4.78, 5) is 34.0. The smallest absolute Gasteiger partial charge is 0.261 e. The van der Waals surface area contributed by atoms with E-state index in [0.717, 1.165) is 42.4 Å². The molecule has 156 valence electrons. The van der Waals surface area contributed by atoms with Crippen molar-refractivity contribution in [1.29, 1.82) is 0 Å². The van der Waals surface area contributed by atoms with Crippen molar-refractivity contribution in [3.05, 3.63) is 69.4 Å². The summed E-state index contributed by atoms with van der Waals surface area (Å²) in [5.74, 6) is 0.687. The molecule has 2 aromatic heterocycles. The van der Waals surface area contributed by atoms with Gasteiger partial charge in [0.05, 0.1) is 10.9 Å². The molecule has 2 N–H and O–H groups in total. The van der Waals surface area contributed by atoms with Gasteiger partial charge in [0.1, 0.15) is 5.82 Å². The number of aromatic amines is 1. The molecule has 2 aliphatic rings. The molecule has 0 saturated carbocycles. The zero-order valence-electron chi connectivity index (χ0n) is 17.3. The number of nitrogens with zero attached hydrogens (tertiary/aromatic N) is 2. The van der Waals surface area contributed by atoms with Crippen LogP contribution in [0.3, 0.4) is 0 Å². The molecular formula is C25H24N4O2. The zero-order chi connectivity index (χ0) is 20.9. The maximum absolute atomic E-state index is 13.0. The van der Waals surface area contributed by atoms with E-state index in [-0.39, 0.29) is 11.5 Å². The molecule has 6 nitrogen and oxygen atoms in total. The highest BCUT2D eigenvalue weighted by atomic mass is 16.1. The van der Waals surface area contributed by atoms with Gasteiger partial charge in [0.25, 0.3) is 11.5 Å². The van der Waals surface area contributed by atoms with Crippen molar-refractivity contribution in [2.45, 2.75) is 51.5 Å². The number of carbonyl (C=O) groups is 1. The fraction of sp³-hybridized carbons (Fsp3) is 0.320. The largest absolute Gasteiger partial charge is 0.358 e. The molecule has 3 heterocycles. The van der Waals surface area contributed by atoms with Crippen LogP contribution in [-0.4, -0.2) is 20.4 Å². The molecule has 2 aromatic carbocycles. The van der Waals surface area contributed by atoms with Gasteiger partial charge in [-0.2, -0.15) is 0 Å². The van der Waals surface area contributed by atoms with Gasteiger partial charge in [0.2, 0.25) is 0 Å². The van der Waals surface area contributed by atoms with Gasteiger partial charge < -0.3 is 10.3 Å². The molecule has 1 aliphatic carbocycles. The lowest BCUT2D eigenvalue weighted by Crippen LogP contribution is -2.21. The number of hydrogen-bond acceptors (Lipinski definition) is 3. The summed E-state index contributed by atoms with van der Waals surface area (Å²) in [7, 11) is 0. The van der Waals surface area contributed by atoms with Gasteiger partial charge in [0, 0.05) is 40.8 Å². The number of amides is 1. The van der Waals surface area contributed by atoms with Crippen LogP contribution >= 0.6 is 0 Å². The van der Waals surface area contributed by atoms with Gasteiger partial charge in [-0.15, -0.1) is 0 Å². The van der Waals surface area contributed by atoms with E-state index in [0.29, 0.717) is 28.7 Å². The van der Waals surface area contributed by atoms with E-state index in [1.807, 2.05) is 30.3 Å². The Bertz CT molecular complexity index is 1410. The molecule has 1 amide bonds. The van der Waals surface area contributed by atoms with Crippen molar-refractivity contribution < 1.29 is 4.79 Å². The number of H-pyrrole nitrogens is 1. The molecule has 0 fully saturated rings. The molecule has 0 radical (unpaired) electrons. The van der Waals surface area contributed by atoms with E-state index in [2.05, 4.69) is 15.3 Å². The quantitative estimate of drug-likeness (QED) is 0.481. The molecular weight excluding hydrogens is 388 g/mol. The van der Waals surface area contributed by atoms with Crippen LogP contribution < -0.4 is 10.9 Å². The predicted molar refractivity (Wildman–Crippen MR) is 122 cm³/mol. The molecule has 6 heteroatoms. The standard InChI is InChI=1S/C25H24N4O2/c30-24(15-8-10-21-18(13-15)17-5-2-1-3-6-20(17)27-21)26-16-9-11-22-19(14-16)25(31)29-12-4-7-23(29)28-22/h8-11,13-14,27H,1-7,12H2,(H,26,30). The third-order valence-electron chi connectivity index (χ3n) is 6.68. The van der Waals surface area contributed by atoms with Gasteiger partial charge in [-0.05, 0) is 74.1 Å². The van der Waals surface area contributed by atoms with Crippen LogP contribution in [0.2, 0.25) is 0 Å². The van der Waals surface area contributed by atoms with Crippen LogP contribution in [-0.2, 0) is 25.8 Å². The average molecular weight is 412 g/mol. The predicted octanol–water partition coefficient (Wildman–Crippen LogP) is 4.35. The number of aryl methyl sites for hydroxylation is 3. The summed E-state index contributed by atoms with van der Waals surface area (Å²) < 4.78 is 1.75. The first-order valence-corrected chi connectivity index (χ1v) is 11.2. The molecule has 0 atom stereocenters. The van der Waals surface area contributed by atoms with Crippen LogP contribution in [0.15, 0.2) is 41.2 Å². The fourth-order valence-electron chi connectivity index (χ4n) is 5.09. The highest BCUT2D eigenvalue weighted by Crippen LogP contribution is 2.29. The second-order valence-corrected chi connectivity index (χ2v) is 8.68. The van der Waals surface area contributed by atoms with Crippen LogP contribution in [0.4, 0.5) is 5.69 Å². The summed E-state index contributed by atoms with van der Waals surface area (Å²) in [5.41, 5.74) is 5.69. The van der Waals surface area contributed by atoms with Crippen molar-refractivity contribution in [3.63, 3.8) is 0 Å². The fourth-order valence-corrected chi connectivity index (χ4v) is 5.09. The lowest BCUT2D eigenvalue weighted by Gasteiger charge is -2.09. The number of fused-ring (bicyclic) bond motifs is 5. The summed E-state index contributed by atoms with van der Waals surface area (Å²) in [6.07, 6.45) is 7.60. The molecule has 0 unspecified atom stereocenters. The number of aromatic nitrogens is 3. The van der Waals surface area contributed by atoms with Crippen molar-refractivity contribution >= 4 is 33.4 Å². The summed E-state index contributed by atoms with van der Waals surface area (Å²) >= 11 is 0. The second-order valence-electron chi connectivity index (χ2n) is 8.68. The molecule has 31 heavy (non-hydrogen) atoms. The van der Waals surface area contributed by atoms with Crippen LogP contribution in [0.5, 0.6) is 0 Å². The average Bonchev–Trinajstić information content (AvgIpc) is 3.31. The van der Waals surface area contributed by atoms with Gasteiger partial charge in [0.15, 0.2) is 0 Å². The topological polar surface area (TPSA) is 79.8 Å². The lowest BCUT2D eigenvalue weighted by molar-refractivity contribution is 0.102. The van der Waals surface area contributed by atoms with Crippen molar-refractivity contribution in [1.82, 2.24) is 14.5 Å². The molecule has 0 saturated heterocycles. The first-order chi connectivity index (χ1) is 15.2. The maximum Gasteiger partial charge on any atom is 0.261 e. The Balaban J connectivity index is 1.33. The zero-order valence-corrected chi connectivity index (χ0v) is 17.3. The number of nitrogens with one attached hydrogen (secondary N) is 2. The minimum absolute atomic E-state index is 0.0231. The number of anilines is 1. The Morgan fingerprint density at radius 3 is 2.81 bits per heavy atom.